The van der Waals surface area contributed by atoms with Crippen LogP contribution < -0.4 is 0 Å². The maximum atomic E-state index is 9.63. The Morgan fingerprint density at radius 2 is 0.483 bits per heavy atom. The second kappa shape index (κ2) is 34.3. The van der Waals surface area contributed by atoms with Crippen LogP contribution in [0.25, 0.3) is 0 Å². The van der Waals surface area contributed by atoms with Gasteiger partial charge in [0, 0.05) is 35.8 Å². The first-order chi connectivity index (χ1) is 13.0. The van der Waals surface area contributed by atoms with Gasteiger partial charge < -0.3 is 4.55 Å². The monoisotopic (exact) mass is 490 g/mol. The van der Waals surface area contributed by atoms with E-state index in [1.165, 1.54) is 0 Å². The molecule has 0 amide bonds. The predicted molar refractivity (Wildman–Crippen MR) is 123 cm³/mol. The minimum atomic E-state index is -3.92. The van der Waals surface area contributed by atoms with Gasteiger partial charge in [0.1, 0.15) is 9.84 Å². The fraction of sp³-hybridized carbons (Fsp3) is 0.429. The van der Waals surface area contributed by atoms with Crippen LogP contribution in [0.3, 0.4) is 0 Å². The van der Waals surface area contributed by atoms with E-state index < -0.39 is 20.0 Å². The van der Waals surface area contributed by atoms with Crippen LogP contribution in [0, 0.1) is 0 Å². The van der Waals surface area contributed by atoms with Gasteiger partial charge in [0.2, 0.25) is 0 Å². The maximum absolute atomic E-state index is 9.63. The molecule has 2 rings (SSSR count). The van der Waals surface area contributed by atoms with E-state index in [0.717, 1.165) is 12.5 Å². The summed E-state index contributed by atoms with van der Waals surface area (Å²) in [7, 11) is -6.58. The summed E-state index contributed by atoms with van der Waals surface area (Å²) in [6.45, 7) is 12.0. The van der Waals surface area contributed by atoms with Crippen LogP contribution in [-0.2, 0) is 37.0 Å². The smallest absolute Gasteiger partial charge is 0.144 e. The SMILES string of the molecule is CC.CC.CC.CS(=O)(=O)[O-].CS(C)(=O)=O.[Mn].c1ccccc1.c1ccccc1. The van der Waals surface area contributed by atoms with E-state index in [1.807, 2.05) is 114 Å². The van der Waals surface area contributed by atoms with Gasteiger partial charge >= 0.3 is 0 Å². The van der Waals surface area contributed by atoms with E-state index in [9.17, 15) is 8.42 Å². The van der Waals surface area contributed by atoms with E-state index in [4.69, 9.17) is 13.0 Å². The second-order valence-electron chi connectivity index (χ2n) is 4.16. The summed E-state index contributed by atoms with van der Waals surface area (Å²) in [6, 6.07) is 24.0. The number of benzene rings is 2. The largest absolute Gasteiger partial charge is 0.748 e. The first-order valence-corrected chi connectivity index (χ1v) is 13.2. The molecule has 0 aliphatic heterocycles. The summed E-state index contributed by atoms with van der Waals surface area (Å²) in [5.41, 5.74) is 0. The van der Waals surface area contributed by atoms with Crippen molar-refractivity contribution < 1.29 is 38.5 Å². The Morgan fingerprint density at radius 1 is 0.448 bits per heavy atom. The quantitative estimate of drug-likeness (QED) is 0.371. The topological polar surface area (TPSA) is 91.3 Å². The van der Waals surface area contributed by atoms with Crippen LogP contribution in [0.2, 0.25) is 0 Å². The molecule has 0 aromatic heterocycles. The predicted octanol–water partition coefficient (Wildman–Crippen LogP) is 5.27. The third-order valence-electron chi connectivity index (χ3n) is 1.33. The van der Waals surface area contributed by atoms with Gasteiger partial charge in [0.05, 0.1) is 10.1 Å². The van der Waals surface area contributed by atoms with Crippen LogP contribution >= 0.6 is 0 Å². The van der Waals surface area contributed by atoms with Crippen LogP contribution in [0.4, 0.5) is 0 Å². The molecule has 0 aliphatic carbocycles. The first-order valence-electron chi connectivity index (χ1n) is 9.06. The summed E-state index contributed by atoms with van der Waals surface area (Å²) in [5, 5.41) is 0. The number of rotatable bonds is 0. The molecule has 0 spiro atoms. The van der Waals surface area contributed by atoms with Crippen LogP contribution in [-0.4, -0.2) is 40.2 Å². The van der Waals surface area contributed by atoms with Gasteiger partial charge in [0.15, 0.2) is 0 Å². The molecule has 8 heteroatoms. The van der Waals surface area contributed by atoms with Gasteiger partial charge in [-0.3, -0.25) is 0 Å². The van der Waals surface area contributed by atoms with Crippen molar-refractivity contribution in [2.24, 2.45) is 0 Å². The minimum absolute atomic E-state index is 0. The average Bonchev–Trinajstić information content (AvgIpc) is 2.67. The minimum Gasteiger partial charge on any atom is -0.748 e. The van der Waals surface area contributed by atoms with Gasteiger partial charge in [-0.05, 0) is 0 Å². The summed E-state index contributed by atoms with van der Waals surface area (Å²) in [6.07, 6.45) is 2.92. The Bertz CT molecular complexity index is 530. The molecule has 0 N–H and O–H groups in total. The molecule has 0 aliphatic rings. The zero-order chi connectivity index (χ0) is 23.5. The summed E-state index contributed by atoms with van der Waals surface area (Å²) in [5.74, 6) is 0. The molecular weight excluding hydrogens is 451 g/mol. The van der Waals surface area contributed by atoms with Crippen LogP contribution in [0.1, 0.15) is 41.5 Å². The second-order valence-corrected chi connectivity index (χ2v) is 7.85. The van der Waals surface area contributed by atoms with Crippen molar-refractivity contribution in [2.75, 3.05) is 18.8 Å². The molecular formula is C21H39MnO5S2-. The number of sulfone groups is 1. The molecule has 29 heavy (non-hydrogen) atoms. The van der Waals surface area contributed by atoms with Crippen molar-refractivity contribution >= 4 is 20.0 Å². The van der Waals surface area contributed by atoms with Crippen molar-refractivity contribution in [2.45, 2.75) is 41.5 Å². The Hall–Kier alpha value is -1.18. The third-order valence-corrected chi connectivity index (χ3v) is 1.33. The average molecular weight is 491 g/mol. The first kappa shape index (κ1) is 42.0. The van der Waals surface area contributed by atoms with Crippen molar-refractivity contribution in [1.29, 1.82) is 0 Å². The molecule has 5 nitrogen and oxygen atoms in total. The van der Waals surface area contributed by atoms with E-state index in [1.54, 1.807) is 0 Å². The molecule has 0 saturated heterocycles. The molecule has 2 aromatic carbocycles. The molecule has 0 atom stereocenters. The van der Waals surface area contributed by atoms with Gasteiger partial charge in [0.25, 0.3) is 0 Å². The molecule has 0 fully saturated rings. The molecule has 0 bridgehead atoms. The zero-order valence-electron chi connectivity index (χ0n) is 19.2. The summed E-state index contributed by atoms with van der Waals surface area (Å²) in [4.78, 5) is 0. The van der Waals surface area contributed by atoms with Crippen molar-refractivity contribution in [3.05, 3.63) is 72.8 Å². The fourth-order valence-electron chi connectivity index (χ4n) is 0.770. The van der Waals surface area contributed by atoms with Crippen LogP contribution in [0.5, 0.6) is 0 Å². The molecule has 2 aromatic rings. The van der Waals surface area contributed by atoms with Gasteiger partial charge in [-0.15, -0.1) is 0 Å². The Kier molecular flexibility index (Phi) is 49.8. The van der Waals surface area contributed by atoms with Crippen molar-refractivity contribution in [3.63, 3.8) is 0 Å². The van der Waals surface area contributed by atoms with E-state index in [-0.39, 0.29) is 17.1 Å². The third kappa shape index (κ3) is 141. The van der Waals surface area contributed by atoms with Gasteiger partial charge in [-0.1, -0.05) is 114 Å². The molecule has 0 heterocycles. The van der Waals surface area contributed by atoms with Gasteiger partial charge in [-0.2, -0.15) is 0 Å². The van der Waals surface area contributed by atoms with E-state index in [2.05, 4.69) is 0 Å². The Labute approximate surface area is 191 Å². The number of hydrogen-bond acceptors (Lipinski definition) is 5. The van der Waals surface area contributed by atoms with Crippen molar-refractivity contribution in [1.82, 2.24) is 0 Å². The number of hydrogen-bond donors (Lipinski definition) is 0. The summed E-state index contributed by atoms with van der Waals surface area (Å²) >= 11 is 0. The van der Waals surface area contributed by atoms with Crippen molar-refractivity contribution in [3.8, 4) is 0 Å². The molecule has 173 valence electrons. The Balaban J connectivity index is -0.0000000556. The molecule has 0 saturated carbocycles. The zero-order valence-corrected chi connectivity index (χ0v) is 22.0. The Morgan fingerprint density at radius 3 is 0.517 bits per heavy atom. The standard InChI is InChI=1S/2C6H6.C2H6O2S.3C2H6.CH4O3S.Mn/c2*1-2-4-6-5-3-1;1-5(2,3)4;3*1-2;1-5(2,3)4;/h2*1-6H;1-2H3;3*1-2H3;1H3,(H,2,3,4);/p-1. The van der Waals surface area contributed by atoms with E-state index >= 15 is 0 Å². The maximum Gasteiger partial charge on any atom is 0.144 e. The van der Waals surface area contributed by atoms with E-state index in [0.29, 0.717) is 6.26 Å². The van der Waals surface area contributed by atoms with Gasteiger partial charge in [-0.25, -0.2) is 16.8 Å². The molecule has 1 radical (unpaired) electrons. The summed E-state index contributed by atoms with van der Waals surface area (Å²) < 4.78 is 46.5. The normalized spacial score (nSPS) is 7.93. The molecule has 0 unspecified atom stereocenters. The fourth-order valence-corrected chi connectivity index (χ4v) is 0.770. The van der Waals surface area contributed by atoms with Crippen LogP contribution in [0.15, 0.2) is 72.8 Å².